The molecule has 160 valence electrons. The van der Waals surface area contributed by atoms with E-state index in [0.717, 1.165) is 26.7 Å². The normalized spacial score (nSPS) is 15.3. The highest BCUT2D eigenvalue weighted by Crippen LogP contribution is 2.46. The molecule has 32 heavy (non-hydrogen) atoms. The number of hydrogen-bond donors (Lipinski definition) is 2. The highest BCUT2D eigenvalue weighted by molar-refractivity contribution is 9.10. The van der Waals surface area contributed by atoms with Crippen LogP contribution >= 0.6 is 27.5 Å². The van der Waals surface area contributed by atoms with Gasteiger partial charge in [-0.05, 0) is 53.9 Å². The smallest absolute Gasteiger partial charge is 0.273 e. The number of nitrogens with one attached hydrogen (secondary N) is 1. The number of aromatic amines is 1. The maximum atomic E-state index is 13.4. The number of pyridine rings is 1. The molecule has 2 N–H and O–H groups in total. The van der Waals surface area contributed by atoms with Crippen LogP contribution in [-0.4, -0.2) is 31.1 Å². The Labute approximate surface area is 198 Å². The number of carbonyl (C=O) groups is 1. The van der Waals surface area contributed by atoms with Gasteiger partial charge in [0, 0.05) is 39.6 Å². The minimum Gasteiger partial charge on any atom is -0.507 e. The highest BCUT2D eigenvalue weighted by Gasteiger charge is 2.42. The average Bonchev–Trinajstić information content (AvgIpc) is 3.32. The number of fused-ring (bicyclic) bond motifs is 1. The predicted octanol–water partition coefficient (Wildman–Crippen LogP) is 5.65. The average molecular weight is 510 g/mol. The zero-order valence-corrected chi connectivity index (χ0v) is 19.4. The first kappa shape index (κ1) is 20.7. The fourth-order valence-corrected chi connectivity index (χ4v) is 4.53. The van der Waals surface area contributed by atoms with E-state index in [1.807, 2.05) is 43.3 Å². The number of phenols is 1. The van der Waals surface area contributed by atoms with Crippen molar-refractivity contribution in [3.05, 3.63) is 98.4 Å². The Bertz CT molecular complexity index is 1320. The van der Waals surface area contributed by atoms with Gasteiger partial charge in [-0.1, -0.05) is 45.7 Å². The second-order valence-corrected chi connectivity index (χ2v) is 9.05. The molecule has 1 aliphatic rings. The summed E-state index contributed by atoms with van der Waals surface area (Å²) in [6.45, 7) is 2.21. The molecule has 0 radical (unpaired) electrons. The lowest BCUT2D eigenvalue weighted by molar-refractivity contribution is 0.0730. The van der Waals surface area contributed by atoms with Crippen molar-refractivity contribution >= 4 is 33.4 Å². The molecule has 1 atom stereocenters. The summed E-state index contributed by atoms with van der Waals surface area (Å²) in [5.74, 6) is -0.0952. The number of aryl methyl sites for hydroxylation is 1. The van der Waals surface area contributed by atoms with Crippen LogP contribution in [-0.2, 0) is 6.54 Å². The number of benzene rings is 2. The Morgan fingerprint density at radius 1 is 1.22 bits per heavy atom. The van der Waals surface area contributed by atoms with Crippen molar-refractivity contribution in [2.45, 2.75) is 19.5 Å². The quantitative estimate of drug-likeness (QED) is 0.373. The fraction of sp³-hybridized carbons (Fsp3) is 0.125. The van der Waals surface area contributed by atoms with Crippen LogP contribution in [0.2, 0.25) is 5.02 Å². The monoisotopic (exact) mass is 508 g/mol. The van der Waals surface area contributed by atoms with Gasteiger partial charge in [-0.3, -0.25) is 14.9 Å². The number of aromatic nitrogens is 3. The summed E-state index contributed by atoms with van der Waals surface area (Å²) < 4.78 is 0.944. The van der Waals surface area contributed by atoms with Crippen LogP contribution < -0.4 is 0 Å². The molecule has 0 saturated carbocycles. The van der Waals surface area contributed by atoms with E-state index in [9.17, 15) is 9.90 Å². The number of phenolic OH excluding ortho intramolecular Hbond substituents is 1. The first-order chi connectivity index (χ1) is 15.4. The van der Waals surface area contributed by atoms with Crippen LogP contribution in [0.25, 0.3) is 11.3 Å². The lowest BCUT2D eigenvalue weighted by Crippen LogP contribution is -2.29. The number of nitrogens with zero attached hydrogens (tertiary/aromatic N) is 3. The zero-order valence-electron chi connectivity index (χ0n) is 17.0. The number of carbonyl (C=O) groups excluding carboxylic acids is 1. The van der Waals surface area contributed by atoms with Crippen molar-refractivity contribution in [1.29, 1.82) is 0 Å². The Hall–Kier alpha value is -3.16. The standard InChI is InChI=1S/C24H18BrClN4O2/c1-13-9-19(31)17(10-18(13)26)21-20-22(29-28-21)24(32)30(12-14-3-2-8-27-11-14)23(20)15-4-6-16(25)7-5-15/h2-11,23,31H,12H2,1H3,(H,28,29)/t23-/m0/s1. The lowest BCUT2D eigenvalue weighted by Gasteiger charge is -2.26. The van der Waals surface area contributed by atoms with Crippen LogP contribution in [0.3, 0.4) is 0 Å². The van der Waals surface area contributed by atoms with Crippen molar-refractivity contribution < 1.29 is 9.90 Å². The molecule has 0 aliphatic carbocycles. The first-order valence-electron chi connectivity index (χ1n) is 9.97. The first-order valence-corrected chi connectivity index (χ1v) is 11.1. The summed E-state index contributed by atoms with van der Waals surface area (Å²) in [5.41, 5.74) is 4.74. The largest absolute Gasteiger partial charge is 0.507 e. The topological polar surface area (TPSA) is 82.1 Å². The molecule has 2 aromatic heterocycles. The summed E-state index contributed by atoms with van der Waals surface area (Å²) in [6, 6.07) is 14.5. The van der Waals surface area contributed by atoms with Gasteiger partial charge in [0.05, 0.1) is 6.04 Å². The van der Waals surface area contributed by atoms with Crippen LogP contribution in [0.4, 0.5) is 0 Å². The van der Waals surface area contributed by atoms with Gasteiger partial charge in [0.15, 0.2) is 0 Å². The van der Waals surface area contributed by atoms with Gasteiger partial charge >= 0.3 is 0 Å². The highest BCUT2D eigenvalue weighted by atomic mass is 79.9. The summed E-state index contributed by atoms with van der Waals surface area (Å²) in [7, 11) is 0. The minimum atomic E-state index is -0.390. The molecule has 8 heteroatoms. The van der Waals surface area contributed by atoms with E-state index in [-0.39, 0.29) is 17.7 Å². The molecule has 0 spiro atoms. The van der Waals surface area contributed by atoms with Crippen molar-refractivity contribution in [1.82, 2.24) is 20.1 Å². The van der Waals surface area contributed by atoms with Gasteiger partial charge in [-0.15, -0.1) is 0 Å². The van der Waals surface area contributed by atoms with Crippen molar-refractivity contribution in [3.63, 3.8) is 0 Å². The van der Waals surface area contributed by atoms with Crippen molar-refractivity contribution in [2.24, 2.45) is 0 Å². The van der Waals surface area contributed by atoms with Crippen molar-refractivity contribution in [3.8, 4) is 17.0 Å². The van der Waals surface area contributed by atoms with E-state index >= 15 is 0 Å². The lowest BCUT2D eigenvalue weighted by atomic mass is 9.95. The molecule has 1 amide bonds. The van der Waals surface area contributed by atoms with Crippen LogP contribution in [0.15, 0.2) is 65.4 Å². The second kappa shape index (κ2) is 8.07. The molecule has 0 bridgehead atoms. The van der Waals surface area contributed by atoms with E-state index in [4.69, 9.17) is 11.6 Å². The number of H-pyrrole nitrogens is 1. The third-order valence-electron chi connectivity index (χ3n) is 5.66. The van der Waals surface area contributed by atoms with Gasteiger partial charge < -0.3 is 10.0 Å². The minimum absolute atomic E-state index is 0.0638. The Balaban J connectivity index is 1.68. The molecule has 1 aliphatic heterocycles. The summed E-state index contributed by atoms with van der Waals surface area (Å²) in [6.07, 6.45) is 3.46. The van der Waals surface area contributed by atoms with E-state index in [1.54, 1.807) is 29.4 Å². The number of halogens is 2. The van der Waals surface area contributed by atoms with Crippen LogP contribution in [0.1, 0.15) is 38.8 Å². The van der Waals surface area contributed by atoms with E-state index < -0.39 is 0 Å². The third kappa shape index (κ3) is 3.47. The van der Waals surface area contributed by atoms with E-state index in [1.165, 1.54) is 0 Å². The van der Waals surface area contributed by atoms with Crippen LogP contribution in [0.5, 0.6) is 5.75 Å². The van der Waals surface area contributed by atoms with Gasteiger partial charge in [0.2, 0.25) is 0 Å². The second-order valence-electron chi connectivity index (χ2n) is 7.73. The number of aromatic hydroxyl groups is 1. The van der Waals surface area contributed by atoms with E-state index in [2.05, 4.69) is 31.1 Å². The molecule has 0 fully saturated rings. The van der Waals surface area contributed by atoms with Gasteiger partial charge in [-0.25, -0.2) is 0 Å². The molecular formula is C24H18BrClN4O2. The predicted molar refractivity (Wildman–Crippen MR) is 126 cm³/mol. The number of amides is 1. The number of hydrogen-bond acceptors (Lipinski definition) is 4. The SMILES string of the molecule is Cc1cc(O)c(-c2n[nH]c3c2[C@H](c2ccc(Br)cc2)N(Cc2cccnc2)C3=O)cc1Cl. The maximum absolute atomic E-state index is 13.4. The molecule has 6 nitrogen and oxygen atoms in total. The molecule has 2 aromatic carbocycles. The molecule has 4 aromatic rings. The zero-order chi connectivity index (χ0) is 22.4. The van der Waals surface area contributed by atoms with Gasteiger partial charge in [-0.2, -0.15) is 5.10 Å². The van der Waals surface area contributed by atoms with E-state index in [0.29, 0.717) is 28.5 Å². The number of rotatable bonds is 4. The molecule has 0 saturated heterocycles. The molecule has 3 heterocycles. The molecule has 0 unspecified atom stereocenters. The maximum Gasteiger partial charge on any atom is 0.273 e. The Morgan fingerprint density at radius 2 is 2.00 bits per heavy atom. The third-order valence-corrected chi connectivity index (χ3v) is 6.59. The molecular weight excluding hydrogens is 492 g/mol. The van der Waals surface area contributed by atoms with Gasteiger partial charge in [0.1, 0.15) is 17.1 Å². The fourth-order valence-electron chi connectivity index (χ4n) is 4.10. The summed E-state index contributed by atoms with van der Waals surface area (Å²) in [5, 5.41) is 18.5. The Kier molecular flexibility index (Phi) is 5.23. The summed E-state index contributed by atoms with van der Waals surface area (Å²) in [4.78, 5) is 19.4. The van der Waals surface area contributed by atoms with Crippen molar-refractivity contribution in [2.75, 3.05) is 0 Å². The molecule has 5 rings (SSSR count). The van der Waals surface area contributed by atoms with Crippen LogP contribution in [0, 0.1) is 6.92 Å². The Morgan fingerprint density at radius 3 is 2.72 bits per heavy atom. The summed E-state index contributed by atoms with van der Waals surface area (Å²) >= 11 is 9.83. The van der Waals surface area contributed by atoms with Gasteiger partial charge in [0.25, 0.3) is 5.91 Å².